The quantitative estimate of drug-likeness (QED) is 0.422. The van der Waals surface area contributed by atoms with Gasteiger partial charge in [0, 0.05) is 24.0 Å². The maximum absolute atomic E-state index is 13.4. The van der Waals surface area contributed by atoms with Crippen molar-refractivity contribution in [2.24, 2.45) is 0 Å². The highest BCUT2D eigenvalue weighted by Gasteiger charge is 2.35. The lowest BCUT2D eigenvalue weighted by Gasteiger charge is -2.13. The van der Waals surface area contributed by atoms with E-state index in [9.17, 15) is 26.3 Å². The van der Waals surface area contributed by atoms with Crippen molar-refractivity contribution in [2.75, 3.05) is 5.32 Å². The summed E-state index contributed by atoms with van der Waals surface area (Å²) in [4.78, 5) is 19.2. The molecule has 0 aliphatic heterocycles. The van der Waals surface area contributed by atoms with E-state index in [1.165, 1.54) is 24.4 Å². The van der Waals surface area contributed by atoms with E-state index >= 15 is 0 Å². The molecule has 0 unspecified atom stereocenters. The molecule has 0 atom stereocenters. The van der Waals surface area contributed by atoms with Gasteiger partial charge in [0.05, 0.1) is 22.5 Å². The highest BCUT2D eigenvalue weighted by molar-refractivity contribution is 5.91. The molecule has 166 valence electrons. The van der Waals surface area contributed by atoms with E-state index in [4.69, 9.17) is 5.26 Å². The molecule has 0 aromatic carbocycles. The van der Waals surface area contributed by atoms with Crippen LogP contribution in [0.3, 0.4) is 0 Å². The largest absolute Gasteiger partial charge is 0.419 e. The van der Waals surface area contributed by atoms with Gasteiger partial charge in [0.1, 0.15) is 17.5 Å². The average molecular weight is 461 g/mol. The van der Waals surface area contributed by atoms with Crippen LogP contribution in [0.5, 0.6) is 0 Å². The van der Waals surface area contributed by atoms with Crippen LogP contribution in [0.4, 0.5) is 38.0 Å². The molecule has 33 heavy (non-hydrogen) atoms. The number of hydrogen-bond donors (Lipinski definition) is 1. The molecule has 0 aliphatic rings. The maximum Gasteiger partial charge on any atom is 0.419 e. The lowest BCUT2D eigenvalue weighted by atomic mass is 10.1. The summed E-state index contributed by atoms with van der Waals surface area (Å²) in [5.74, 6) is -0.137. The van der Waals surface area contributed by atoms with Crippen molar-refractivity contribution < 1.29 is 26.3 Å². The first-order valence-electron chi connectivity index (χ1n) is 8.97. The first-order valence-corrected chi connectivity index (χ1v) is 8.97. The van der Waals surface area contributed by atoms with Crippen LogP contribution in [0.2, 0.25) is 0 Å². The highest BCUT2D eigenvalue weighted by atomic mass is 19.4. The molecule has 4 heterocycles. The van der Waals surface area contributed by atoms with E-state index in [0.717, 1.165) is 12.1 Å². The second-order valence-electron chi connectivity index (χ2n) is 6.55. The van der Waals surface area contributed by atoms with Crippen LogP contribution in [-0.4, -0.2) is 24.9 Å². The van der Waals surface area contributed by atoms with Crippen molar-refractivity contribution in [1.82, 2.24) is 24.9 Å². The third kappa shape index (κ3) is 4.49. The molecule has 1 N–H and O–H groups in total. The molecule has 0 fully saturated rings. The van der Waals surface area contributed by atoms with Crippen molar-refractivity contribution in [3.05, 3.63) is 65.7 Å². The van der Waals surface area contributed by atoms with Crippen LogP contribution >= 0.6 is 0 Å². The van der Waals surface area contributed by atoms with Crippen LogP contribution in [0.1, 0.15) is 16.8 Å². The molecular formula is C20H9F6N7. The summed E-state index contributed by atoms with van der Waals surface area (Å²) in [6.45, 7) is 0. The molecular weight excluding hydrogens is 452 g/mol. The molecule has 0 bridgehead atoms. The van der Waals surface area contributed by atoms with Gasteiger partial charge in [-0.25, -0.2) is 24.9 Å². The Labute approximate surface area is 180 Å². The molecule has 0 saturated heterocycles. The van der Waals surface area contributed by atoms with Crippen LogP contribution in [0.15, 0.2) is 48.9 Å². The number of nitrogens with zero attached hydrogens (tertiary/aromatic N) is 6. The molecule has 7 nitrogen and oxygen atoms in total. The van der Waals surface area contributed by atoms with E-state index in [2.05, 4.69) is 30.2 Å². The molecule has 4 aromatic rings. The van der Waals surface area contributed by atoms with Crippen LogP contribution < -0.4 is 5.32 Å². The monoisotopic (exact) mass is 461 g/mol. The topological polar surface area (TPSA) is 100 Å². The second kappa shape index (κ2) is 7.97. The van der Waals surface area contributed by atoms with Gasteiger partial charge in [0.15, 0.2) is 5.65 Å². The molecule has 4 aromatic heterocycles. The Balaban J connectivity index is 1.74. The molecule has 0 saturated carbocycles. The number of anilines is 2. The van der Waals surface area contributed by atoms with E-state index in [-0.39, 0.29) is 23.0 Å². The van der Waals surface area contributed by atoms with Crippen LogP contribution in [-0.2, 0) is 12.4 Å². The second-order valence-corrected chi connectivity index (χ2v) is 6.55. The van der Waals surface area contributed by atoms with Gasteiger partial charge in [0.2, 0.25) is 5.95 Å². The van der Waals surface area contributed by atoms with Gasteiger partial charge in [-0.15, -0.1) is 0 Å². The predicted octanol–water partition coefficient (Wildman–Crippen LogP) is 5.13. The summed E-state index contributed by atoms with van der Waals surface area (Å²) in [5.41, 5.74) is -2.66. The number of nitrogens with one attached hydrogen (secondary N) is 1. The van der Waals surface area contributed by atoms with Gasteiger partial charge < -0.3 is 5.32 Å². The van der Waals surface area contributed by atoms with E-state index in [1.54, 1.807) is 6.07 Å². The fraction of sp³-hybridized carbons (Fsp3) is 0.100. The van der Waals surface area contributed by atoms with Gasteiger partial charge >= 0.3 is 12.4 Å². The van der Waals surface area contributed by atoms with Crippen LogP contribution in [0, 0.1) is 11.3 Å². The predicted molar refractivity (Wildman–Crippen MR) is 103 cm³/mol. The minimum atomic E-state index is -4.73. The van der Waals surface area contributed by atoms with Gasteiger partial charge in [-0.2, -0.15) is 31.6 Å². The Bertz CT molecular complexity index is 1380. The molecule has 4 rings (SSSR count). The minimum absolute atomic E-state index is 0.0293. The Kier molecular flexibility index (Phi) is 5.28. The Morgan fingerprint density at radius 2 is 1.55 bits per heavy atom. The zero-order valence-corrected chi connectivity index (χ0v) is 16.1. The standard InChI is InChI=1S/C20H9F6N7/c21-19(22,23)10-8-29-18(30-9-10)33-14-5-6-28-17-12(14)2-4-15(32-17)16-13(20(24,25)26)3-1-11(7-27)31-16/h1-6,8-9H,(H,28,29,30,32,33). The number of pyridine rings is 3. The average Bonchev–Trinajstić information content (AvgIpc) is 2.77. The van der Waals surface area contributed by atoms with Gasteiger partial charge in [-0.05, 0) is 30.3 Å². The summed E-state index contributed by atoms with van der Waals surface area (Å²) < 4.78 is 78.3. The van der Waals surface area contributed by atoms with Crippen molar-refractivity contribution in [3.63, 3.8) is 0 Å². The normalized spacial score (nSPS) is 11.9. The Hall–Kier alpha value is -4.34. The van der Waals surface area contributed by atoms with E-state index < -0.39 is 29.2 Å². The van der Waals surface area contributed by atoms with E-state index in [1.807, 2.05) is 0 Å². The van der Waals surface area contributed by atoms with Crippen molar-refractivity contribution in [1.29, 1.82) is 5.26 Å². The Morgan fingerprint density at radius 3 is 2.18 bits per heavy atom. The zero-order chi connectivity index (χ0) is 23.8. The number of fused-ring (bicyclic) bond motifs is 1. The molecule has 0 spiro atoms. The first kappa shape index (κ1) is 21.9. The molecule has 13 heteroatoms. The van der Waals surface area contributed by atoms with E-state index in [0.29, 0.717) is 23.5 Å². The number of halogens is 6. The molecule has 0 radical (unpaired) electrons. The Morgan fingerprint density at radius 1 is 0.818 bits per heavy atom. The lowest BCUT2D eigenvalue weighted by molar-refractivity contribution is -0.138. The number of rotatable bonds is 3. The molecule has 0 amide bonds. The summed E-state index contributed by atoms with van der Waals surface area (Å²) in [5, 5.41) is 12.1. The van der Waals surface area contributed by atoms with Crippen molar-refractivity contribution in [2.45, 2.75) is 12.4 Å². The van der Waals surface area contributed by atoms with Gasteiger partial charge in [-0.3, -0.25) is 0 Å². The van der Waals surface area contributed by atoms with Gasteiger partial charge in [0.25, 0.3) is 0 Å². The number of nitriles is 1. The van der Waals surface area contributed by atoms with Crippen LogP contribution in [0.25, 0.3) is 22.4 Å². The summed E-state index contributed by atoms with van der Waals surface area (Å²) in [6, 6.07) is 7.55. The van der Waals surface area contributed by atoms with Crippen molar-refractivity contribution in [3.8, 4) is 17.5 Å². The number of alkyl halides is 6. The zero-order valence-electron chi connectivity index (χ0n) is 16.1. The highest BCUT2D eigenvalue weighted by Crippen LogP contribution is 2.36. The minimum Gasteiger partial charge on any atom is -0.323 e. The summed E-state index contributed by atoms with van der Waals surface area (Å²) in [7, 11) is 0. The lowest BCUT2D eigenvalue weighted by Crippen LogP contribution is -2.10. The SMILES string of the molecule is N#Cc1ccc(C(F)(F)F)c(-c2ccc3c(Nc4ncc(C(F)(F)F)cn4)ccnc3n2)n1. The first-order chi connectivity index (χ1) is 15.6. The summed E-state index contributed by atoms with van der Waals surface area (Å²) in [6.07, 6.45) is -6.80. The smallest absolute Gasteiger partial charge is 0.323 e. The fourth-order valence-corrected chi connectivity index (χ4v) is 2.87. The van der Waals surface area contributed by atoms with Crippen molar-refractivity contribution >= 4 is 22.7 Å². The number of aromatic nitrogens is 5. The third-order valence-electron chi connectivity index (χ3n) is 4.39. The fourth-order valence-electron chi connectivity index (χ4n) is 2.87. The number of hydrogen-bond acceptors (Lipinski definition) is 7. The molecule has 0 aliphatic carbocycles. The van der Waals surface area contributed by atoms with Gasteiger partial charge in [-0.1, -0.05) is 0 Å². The third-order valence-corrected chi connectivity index (χ3v) is 4.39. The maximum atomic E-state index is 13.4. The summed E-state index contributed by atoms with van der Waals surface area (Å²) >= 11 is 0.